The Balaban J connectivity index is 1.55. The number of alkyl halides is 3. The summed E-state index contributed by atoms with van der Waals surface area (Å²) in [4.78, 5) is 21.4. The third-order valence-corrected chi connectivity index (χ3v) is 6.06. The van der Waals surface area contributed by atoms with E-state index in [9.17, 15) is 22.4 Å². The van der Waals surface area contributed by atoms with Crippen LogP contribution in [0.4, 0.5) is 17.6 Å². The fourth-order valence-corrected chi connectivity index (χ4v) is 3.87. The number of carbonyl (C=O) groups is 1. The zero-order valence-electron chi connectivity index (χ0n) is 21.2. The van der Waals surface area contributed by atoms with Gasteiger partial charge in [-0.3, -0.25) is 9.78 Å². The van der Waals surface area contributed by atoms with Crippen LogP contribution in [0.25, 0.3) is 5.69 Å². The minimum absolute atomic E-state index is 0.130. The lowest BCUT2D eigenvalue weighted by Crippen LogP contribution is -2.51. The average molecular weight is 544 g/mol. The molecule has 0 aliphatic carbocycles. The number of aromatic nitrogens is 6. The molecular formula is C26H25F4N7O2. The Morgan fingerprint density at radius 2 is 1.82 bits per heavy atom. The van der Waals surface area contributed by atoms with Crippen LogP contribution in [0, 0.1) is 5.82 Å². The van der Waals surface area contributed by atoms with E-state index in [2.05, 4.69) is 30.8 Å². The number of rotatable bonds is 9. The zero-order valence-corrected chi connectivity index (χ0v) is 21.2. The zero-order chi connectivity index (χ0) is 28.2. The molecule has 0 radical (unpaired) electrons. The Hall–Kier alpha value is -4.42. The van der Waals surface area contributed by atoms with Gasteiger partial charge in [-0.2, -0.15) is 13.2 Å². The molecule has 2 unspecified atom stereocenters. The highest BCUT2D eigenvalue weighted by atomic mass is 19.4. The van der Waals surface area contributed by atoms with Crippen molar-refractivity contribution in [2.75, 3.05) is 0 Å². The van der Waals surface area contributed by atoms with Gasteiger partial charge < -0.3 is 10.1 Å². The summed E-state index contributed by atoms with van der Waals surface area (Å²) >= 11 is 0. The molecule has 0 bridgehead atoms. The number of nitrogens with one attached hydrogen (secondary N) is 1. The number of tetrazole rings is 1. The van der Waals surface area contributed by atoms with E-state index in [1.54, 1.807) is 37.4 Å². The smallest absolute Gasteiger partial charge is 0.417 e. The van der Waals surface area contributed by atoms with Gasteiger partial charge in [-0.15, -0.1) is 5.10 Å². The molecule has 39 heavy (non-hydrogen) atoms. The molecule has 4 aromatic rings. The molecule has 9 nitrogen and oxygen atoms in total. The molecule has 204 valence electrons. The quantitative estimate of drug-likeness (QED) is 0.314. The molecule has 3 heterocycles. The van der Waals surface area contributed by atoms with Gasteiger partial charge in [0.2, 0.25) is 5.88 Å². The van der Waals surface area contributed by atoms with Gasteiger partial charge in [-0.25, -0.2) is 14.1 Å². The van der Waals surface area contributed by atoms with Gasteiger partial charge in [0, 0.05) is 36.1 Å². The number of pyridine rings is 2. The Kier molecular flexibility index (Phi) is 7.88. The number of benzene rings is 1. The molecule has 13 heteroatoms. The van der Waals surface area contributed by atoms with Gasteiger partial charge >= 0.3 is 6.18 Å². The molecule has 1 aromatic carbocycles. The lowest BCUT2D eigenvalue weighted by Gasteiger charge is -2.30. The molecule has 0 saturated carbocycles. The monoisotopic (exact) mass is 543 g/mol. The van der Waals surface area contributed by atoms with Crippen LogP contribution >= 0.6 is 0 Å². The van der Waals surface area contributed by atoms with E-state index >= 15 is 0 Å². The van der Waals surface area contributed by atoms with Gasteiger partial charge in [0.15, 0.2) is 5.60 Å². The van der Waals surface area contributed by atoms with E-state index in [4.69, 9.17) is 4.74 Å². The predicted molar refractivity (Wildman–Crippen MR) is 131 cm³/mol. The molecule has 0 spiro atoms. The van der Waals surface area contributed by atoms with Gasteiger partial charge in [0.05, 0.1) is 11.3 Å². The lowest BCUT2D eigenvalue weighted by molar-refractivity contribution is -0.138. The highest BCUT2D eigenvalue weighted by molar-refractivity contribution is 5.85. The molecule has 0 aliphatic heterocycles. The lowest BCUT2D eigenvalue weighted by atomic mass is 9.89. The Labute approximate surface area is 221 Å². The van der Waals surface area contributed by atoms with E-state index in [0.717, 1.165) is 17.7 Å². The van der Waals surface area contributed by atoms with Crippen LogP contribution in [0.15, 0.2) is 67.3 Å². The van der Waals surface area contributed by atoms with Crippen LogP contribution in [0.2, 0.25) is 0 Å². The minimum atomic E-state index is -4.54. The first-order valence-corrected chi connectivity index (χ1v) is 11.9. The third kappa shape index (κ3) is 6.92. The predicted octanol–water partition coefficient (Wildman–Crippen LogP) is 4.30. The summed E-state index contributed by atoms with van der Waals surface area (Å²) in [5.74, 6) is -1.38. The molecule has 3 aromatic heterocycles. The molecule has 0 saturated heterocycles. The molecule has 1 amide bonds. The molecule has 1 N–H and O–H groups in total. The van der Waals surface area contributed by atoms with Gasteiger partial charge in [-0.05, 0) is 73.5 Å². The standard InChI is InChI=1S/C26H25F4N7O2/c1-16(34-24(38)25(2,3)39-23-9-6-18(14-32-23)26(28,29)30)21(12-17-4-7-19(27)8-5-17)22-13-20(10-11-31-22)37-15-33-35-36-37/h4-11,13-16,21H,12H2,1-3H3,(H,34,38). The van der Waals surface area contributed by atoms with Crippen molar-refractivity contribution < 1.29 is 27.1 Å². The number of ether oxygens (including phenoxy) is 1. The van der Waals surface area contributed by atoms with E-state index in [0.29, 0.717) is 24.0 Å². The first kappa shape index (κ1) is 27.6. The Morgan fingerprint density at radius 1 is 1.08 bits per heavy atom. The van der Waals surface area contributed by atoms with Crippen LogP contribution in [0.5, 0.6) is 5.88 Å². The van der Waals surface area contributed by atoms with Crippen LogP contribution in [0.3, 0.4) is 0 Å². The first-order chi connectivity index (χ1) is 18.4. The highest BCUT2D eigenvalue weighted by Gasteiger charge is 2.35. The van der Waals surface area contributed by atoms with Crippen molar-refractivity contribution in [3.63, 3.8) is 0 Å². The normalized spacial score (nSPS) is 13.5. The first-order valence-electron chi connectivity index (χ1n) is 11.9. The Bertz CT molecular complexity index is 1390. The molecule has 0 fully saturated rings. The summed E-state index contributed by atoms with van der Waals surface area (Å²) < 4.78 is 59.2. The summed E-state index contributed by atoms with van der Waals surface area (Å²) in [5, 5.41) is 14.1. The van der Waals surface area contributed by atoms with E-state index in [1.165, 1.54) is 37.0 Å². The second kappa shape index (κ2) is 11.1. The van der Waals surface area contributed by atoms with Crippen molar-refractivity contribution >= 4 is 5.91 Å². The second-order valence-electron chi connectivity index (χ2n) is 9.39. The van der Waals surface area contributed by atoms with Crippen LogP contribution in [0.1, 0.15) is 43.5 Å². The number of carbonyl (C=O) groups excluding carboxylic acids is 1. The number of amides is 1. The second-order valence-corrected chi connectivity index (χ2v) is 9.39. The van der Waals surface area contributed by atoms with E-state index in [1.807, 2.05) is 0 Å². The van der Waals surface area contributed by atoms with E-state index < -0.39 is 29.3 Å². The number of nitrogens with zero attached hydrogens (tertiary/aromatic N) is 6. The molecule has 2 atom stereocenters. The summed E-state index contributed by atoms with van der Waals surface area (Å²) in [6, 6.07) is 10.9. The van der Waals surface area contributed by atoms with Crippen molar-refractivity contribution in [1.82, 2.24) is 35.5 Å². The van der Waals surface area contributed by atoms with Gasteiger partial charge in [-0.1, -0.05) is 12.1 Å². The third-order valence-electron chi connectivity index (χ3n) is 6.06. The topological polar surface area (TPSA) is 108 Å². The summed E-state index contributed by atoms with van der Waals surface area (Å²) in [6.45, 7) is 4.77. The average Bonchev–Trinajstić information content (AvgIpc) is 3.43. The number of hydrogen-bond acceptors (Lipinski definition) is 7. The highest BCUT2D eigenvalue weighted by Crippen LogP contribution is 2.30. The van der Waals surface area contributed by atoms with Crippen LogP contribution < -0.4 is 10.1 Å². The van der Waals surface area contributed by atoms with Gasteiger partial charge in [0.1, 0.15) is 12.1 Å². The van der Waals surface area contributed by atoms with Crippen LogP contribution in [-0.4, -0.2) is 47.7 Å². The fraction of sp³-hybridized carbons (Fsp3) is 0.308. The van der Waals surface area contributed by atoms with Crippen molar-refractivity contribution in [3.8, 4) is 11.6 Å². The number of halogens is 4. The summed E-state index contributed by atoms with van der Waals surface area (Å²) in [7, 11) is 0. The molecule has 0 aliphatic rings. The fourth-order valence-electron chi connectivity index (χ4n) is 3.87. The molecule has 4 rings (SSSR count). The largest absolute Gasteiger partial charge is 0.462 e. The van der Waals surface area contributed by atoms with Crippen LogP contribution in [-0.2, 0) is 17.4 Å². The number of hydrogen-bond donors (Lipinski definition) is 1. The Morgan fingerprint density at radius 3 is 2.44 bits per heavy atom. The SMILES string of the molecule is CC(NC(=O)C(C)(C)Oc1ccc(C(F)(F)F)cn1)C(Cc1ccc(F)cc1)c1cc(-n2cnnn2)ccn1. The van der Waals surface area contributed by atoms with Crippen molar-refractivity contribution in [2.45, 2.75) is 50.9 Å². The summed E-state index contributed by atoms with van der Waals surface area (Å²) in [5.41, 5.74) is -0.288. The molecular weight excluding hydrogens is 518 g/mol. The van der Waals surface area contributed by atoms with Gasteiger partial charge in [0.25, 0.3) is 5.91 Å². The van der Waals surface area contributed by atoms with Crippen molar-refractivity contribution in [3.05, 3.63) is 89.9 Å². The summed E-state index contributed by atoms with van der Waals surface area (Å²) in [6.07, 6.45) is -0.441. The van der Waals surface area contributed by atoms with Crippen molar-refractivity contribution in [2.24, 2.45) is 0 Å². The van der Waals surface area contributed by atoms with Crippen molar-refractivity contribution in [1.29, 1.82) is 0 Å². The minimum Gasteiger partial charge on any atom is -0.462 e. The maximum Gasteiger partial charge on any atom is 0.417 e. The maximum atomic E-state index is 13.5. The van der Waals surface area contributed by atoms with E-state index in [-0.39, 0.29) is 17.6 Å². The maximum absolute atomic E-state index is 13.5.